The molecule has 0 aliphatic carbocycles. The van der Waals surface area contributed by atoms with Gasteiger partial charge in [0.05, 0.1) is 17.4 Å². The molecule has 0 fully saturated rings. The molecule has 3 heterocycles. The summed E-state index contributed by atoms with van der Waals surface area (Å²) in [5, 5.41) is 10.1. The second-order valence-corrected chi connectivity index (χ2v) is 7.57. The first-order valence-electron chi connectivity index (χ1n) is 8.87. The molecule has 10 heteroatoms. The third-order valence-electron chi connectivity index (χ3n) is 5.43. The van der Waals surface area contributed by atoms with Crippen molar-refractivity contribution in [3.63, 3.8) is 0 Å². The van der Waals surface area contributed by atoms with Gasteiger partial charge in [0.15, 0.2) is 0 Å². The highest BCUT2D eigenvalue weighted by Crippen LogP contribution is 2.50. The van der Waals surface area contributed by atoms with Crippen molar-refractivity contribution in [2.75, 3.05) is 10.6 Å². The molecule has 0 saturated carbocycles. The molecule has 2 N–H and O–H groups in total. The van der Waals surface area contributed by atoms with Crippen molar-refractivity contribution in [3.05, 3.63) is 70.4 Å². The number of aromatic nitrogens is 2. The van der Waals surface area contributed by atoms with E-state index in [9.17, 15) is 22.8 Å². The number of amides is 2. The molecular weight excluding hydrogens is 421 g/mol. The van der Waals surface area contributed by atoms with Crippen LogP contribution < -0.4 is 10.6 Å². The fraction of sp³-hybridized carbons (Fsp3) is 0.150. The number of rotatable bonds is 1. The van der Waals surface area contributed by atoms with Gasteiger partial charge < -0.3 is 10.6 Å². The van der Waals surface area contributed by atoms with E-state index in [0.717, 1.165) is 12.1 Å². The maximum Gasteiger partial charge on any atom is 0.416 e. The van der Waals surface area contributed by atoms with Gasteiger partial charge in [-0.05, 0) is 48.0 Å². The Morgan fingerprint density at radius 2 is 1.77 bits per heavy atom. The summed E-state index contributed by atoms with van der Waals surface area (Å²) in [6.45, 7) is 0. The maximum absolute atomic E-state index is 13.0. The zero-order valence-corrected chi connectivity index (χ0v) is 15.8. The van der Waals surface area contributed by atoms with Gasteiger partial charge >= 0.3 is 6.18 Å². The number of anilines is 2. The van der Waals surface area contributed by atoms with Gasteiger partial charge in [-0.15, -0.1) is 0 Å². The SMILES string of the molecule is O=C1C[C@]2(C(=O)Nc3ccc(Cl)cc32)c2cnn(-c3ccc(C(F)(F)F)cc3)c2N1. The lowest BCUT2D eigenvalue weighted by Gasteiger charge is -2.31. The molecule has 2 aliphatic rings. The van der Waals surface area contributed by atoms with Crippen LogP contribution in [0.3, 0.4) is 0 Å². The van der Waals surface area contributed by atoms with Crippen LogP contribution >= 0.6 is 11.6 Å². The van der Waals surface area contributed by atoms with E-state index in [2.05, 4.69) is 15.7 Å². The first kappa shape index (κ1) is 18.7. The van der Waals surface area contributed by atoms with Gasteiger partial charge in [-0.25, -0.2) is 4.68 Å². The van der Waals surface area contributed by atoms with E-state index < -0.39 is 23.1 Å². The topological polar surface area (TPSA) is 76.0 Å². The van der Waals surface area contributed by atoms with Crippen molar-refractivity contribution >= 4 is 34.9 Å². The number of nitrogens with one attached hydrogen (secondary N) is 2. The first-order chi connectivity index (χ1) is 14.2. The molecule has 1 atom stereocenters. The zero-order chi connectivity index (χ0) is 21.3. The predicted molar refractivity (Wildman–Crippen MR) is 103 cm³/mol. The van der Waals surface area contributed by atoms with Crippen molar-refractivity contribution in [2.45, 2.75) is 18.0 Å². The van der Waals surface area contributed by atoms with E-state index in [0.29, 0.717) is 27.5 Å². The Bertz CT molecular complexity index is 1220. The minimum Gasteiger partial charge on any atom is -0.325 e. The largest absolute Gasteiger partial charge is 0.416 e. The standard InChI is InChI=1S/C20H12ClF3N4O2/c21-11-3-6-15-13(7-11)19(18(30)26-15)8-16(29)27-17-14(19)9-25-28(17)12-4-1-10(2-5-12)20(22,23)24/h1-7,9H,8H2,(H,26,30)(H,27,29)/t19-/m1/s1. The lowest BCUT2D eigenvalue weighted by atomic mass is 9.72. The van der Waals surface area contributed by atoms with E-state index in [1.165, 1.54) is 23.0 Å². The molecular formula is C20H12ClF3N4O2. The van der Waals surface area contributed by atoms with Crippen LogP contribution in [0.15, 0.2) is 48.7 Å². The summed E-state index contributed by atoms with van der Waals surface area (Å²) >= 11 is 6.14. The van der Waals surface area contributed by atoms with Crippen LogP contribution in [0.1, 0.15) is 23.1 Å². The number of carbonyl (C=O) groups excluding carboxylic acids is 2. The Kier molecular flexibility index (Phi) is 3.79. The number of hydrogen-bond acceptors (Lipinski definition) is 3. The fourth-order valence-electron chi connectivity index (χ4n) is 4.05. The highest BCUT2D eigenvalue weighted by molar-refractivity contribution is 6.31. The summed E-state index contributed by atoms with van der Waals surface area (Å²) in [6.07, 6.45) is -3.16. The van der Waals surface area contributed by atoms with Gasteiger partial charge in [0.1, 0.15) is 11.2 Å². The molecule has 3 aromatic rings. The highest BCUT2D eigenvalue weighted by Gasteiger charge is 2.54. The summed E-state index contributed by atoms with van der Waals surface area (Å²) in [5.74, 6) is -0.573. The number of halogens is 4. The molecule has 0 unspecified atom stereocenters. The summed E-state index contributed by atoms with van der Waals surface area (Å²) in [5.41, 5.74) is -0.254. The van der Waals surface area contributed by atoms with Crippen LogP contribution in [0.2, 0.25) is 5.02 Å². The van der Waals surface area contributed by atoms with Crippen molar-refractivity contribution < 1.29 is 22.8 Å². The van der Waals surface area contributed by atoms with Gasteiger partial charge in [0.2, 0.25) is 11.8 Å². The number of fused-ring (bicyclic) bond motifs is 4. The molecule has 5 rings (SSSR count). The van der Waals surface area contributed by atoms with E-state index in [1.807, 2.05) is 0 Å². The van der Waals surface area contributed by atoms with Crippen LogP contribution in [0.25, 0.3) is 5.69 Å². The molecule has 0 radical (unpaired) electrons. The summed E-state index contributed by atoms with van der Waals surface area (Å²) < 4.78 is 39.9. The monoisotopic (exact) mass is 432 g/mol. The fourth-order valence-corrected chi connectivity index (χ4v) is 4.23. The second-order valence-electron chi connectivity index (χ2n) is 7.14. The van der Waals surface area contributed by atoms with Crippen LogP contribution in [0.4, 0.5) is 24.7 Å². The number of nitrogens with zero attached hydrogens (tertiary/aromatic N) is 2. The number of benzene rings is 2. The zero-order valence-electron chi connectivity index (χ0n) is 15.0. The highest BCUT2D eigenvalue weighted by atomic mass is 35.5. The van der Waals surface area contributed by atoms with E-state index in [4.69, 9.17) is 11.6 Å². The van der Waals surface area contributed by atoms with Crippen LogP contribution in [-0.2, 0) is 21.2 Å². The van der Waals surface area contributed by atoms with Crippen molar-refractivity contribution in [3.8, 4) is 5.69 Å². The normalized spacial score (nSPS) is 20.0. The molecule has 0 bridgehead atoms. The molecule has 0 saturated heterocycles. The minimum atomic E-state index is -4.47. The number of alkyl halides is 3. The third kappa shape index (κ3) is 2.55. The molecule has 2 amide bonds. The smallest absolute Gasteiger partial charge is 0.325 e. The van der Waals surface area contributed by atoms with Crippen LogP contribution in [-0.4, -0.2) is 21.6 Å². The van der Waals surface area contributed by atoms with Crippen LogP contribution in [0, 0.1) is 0 Å². The number of hydrogen-bond donors (Lipinski definition) is 2. The second kappa shape index (κ2) is 6.09. The molecule has 30 heavy (non-hydrogen) atoms. The minimum absolute atomic E-state index is 0.141. The van der Waals surface area contributed by atoms with E-state index >= 15 is 0 Å². The first-order valence-corrected chi connectivity index (χ1v) is 9.25. The third-order valence-corrected chi connectivity index (χ3v) is 5.66. The van der Waals surface area contributed by atoms with Crippen LogP contribution in [0.5, 0.6) is 0 Å². The molecule has 152 valence electrons. The number of carbonyl (C=O) groups is 2. The van der Waals surface area contributed by atoms with Gasteiger partial charge in [-0.2, -0.15) is 18.3 Å². The summed E-state index contributed by atoms with van der Waals surface area (Å²) in [4.78, 5) is 25.6. The van der Waals surface area contributed by atoms with Crippen molar-refractivity contribution in [1.82, 2.24) is 9.78 Å². The molecule has 6 nitrogen and oxygen atoms in total. The molecule has 2 aromatic carbocycles. The Morgan fingerprint density at radius 1 is 1.03 bits per heavy atom. The van der Waals surface area contributed by atoms with Gasteiger partial charge in [0.25, 0.3) is 0 Å². The lowest BCUT2D eigenvalue weighted by Crippen LogP contribution is -2.43. The van der Waals surface area contributed by atoms with Crippen molar-refractivity contribution in [2.24, 2.45) is 0 Å². The molecule has 1 aromatic heterocycles. The molecule has 2 aliphatic heterocycles. The quantitative estimate of drug-likeness (QED) is 0.607. The van der Waals surface area contributed by atoms with Crippen molar-refractivity contribution in [1.29, 1.82) is 0 Å². The van der Waals surface area contributed by atoms with E-state index in [1.54, 1.807) is 18.2 Å². The van der Waals surface area contributed by atoms with E-state index in [-0.39, 0.29) is 18.1 Å². The maximum atomic E-state index is 13.0. The van der Waals surface area contributed by atoms with Gasteiger partial charge in [-0.1, -0.05) is 11.6 Å². The Labute approximate surface area is 172 Å². The van der Waals surface area contributed by atoms with Gasteiger partial charge in [-0.3, -0.25) is 9.59 Å². The summed E-state index contributed by atoms with van der Waals surface area (Å²) in [6, 6.07) is 9.30. The predicted octanol–water partition coefficient (Wildman–Crippen LogP) is 4.12. The Hall–Kier alpha value is -3.33. The van der Waals surface area contributed by atoms with Gasteiger partial charge in [0, 0.05) is 22.7 Å². The summed E-state index contributed by atoms with van der Waals surface area (Å²) in [7, 11) is 0. The average molecular weight is 433 g/mol. The lowest BCUT2D eigenvalue weighted by molar-refractivity contribution is -0.137. The Balaban J connectivity index is 1.68. The Morgan fingerprint density at radius 3 is 2.47 bits per heavy atom. The molecule has 1 spiro atoms. The average Bonchev–Trinajstić information content (AvgIpc) is 3.22.